The lowest BCUT2D eigenvalue weighted by molar-refractivity contribution is 0.0695. The molecule has 4 rings (SSSR count). The normalized spacial score (nSPS) is 18.3. The average molecular weight is 445 g/mol. The number of nitrogens with two attached hydrogens (primary N) is 1. The molecule has 10 heteroatoms. The zero-order valence-corrected chi connectivity index (χ0v) is 17.3. The molecule has 3 N–H and O–H groups in total. The Bertz CT molecular complexity index is 1260. The first-order valence-electron chi connectivity index (χ1n) is 9.75. The second-order valence-electron chi connectivity index (χ2n) is 7.50. The van der Waals surface area contributed by atoms with Crippen LogP contribution in [0.4, 0.5) is 14.5 Å². The highest BCUT2D eigenvalue weighted by atomic mass is 19.1. The van der Waals surface area contributed by atoms with Gasteiger partial charge in [-0.05, 0) is 30.3 Å². The lowest BCUT2D eigenvalue weighted by Crippen LogP contribution is -2.34. The van der Waals surface area contributed by atoms with Crippen molar-refractivity contribution in [2.45, 2.75) is 12.1 Å². The molecule has 0 amide bonds. The van der Waals surface area contributed by atoms with Crippen molar-refractivity contribution in [2.24, 2.45) is 5.73 Å². The number of hydrogen-bond acceptors (Lipinski definition) is 6. The number of hydrogen-bond donors (Lipinski definition) is 2. The van der Waals surface area contributed by atoms with E-state index in [4.69, 9.17) is 15.2 Å². The van der Waals surface area contributed by atoms with E-state index in [1.54, 1.807) is 4.90 Å². The minimum absolute atomic E-state index is 0.0299. The predicted molar refractivity (Wildman–Crippen MR) is 114 cm³/mol. The van der Waals surface area contributed by atoms with Gasteiger partial charge in [-0.2, -0.15) is 0 Å². The minimum Gasteiger partial charge on any atom is -0.492 e. The van der Waals surface area contributed by atoms with Crippen LogP contribution in [-0.4, -0.2) is 55.1 Å². The number of ether oxygens (including phenoxy) is 2. The molecule has 8 nitrogen and oxygen atoms in total. The van der Waals surface area contributed by atoms with Crippen molar-refractivity contribution in [3.63, 3.8) is 0 Å². The number of methoxy groups -OCH3 is 2. The van der Waals surface area contributed by atoms with Gasteiger partial charge in [0.1, 0.15) is 22.6 Å². The standard InChI is InChI=1S/C22H21F2N3O5/c1-31-17-10-26(9-16(17)25)19-15(24)7-13-18(21(19)32-2)27(8-14(20(13)28)22(29)30)12-5-3-11(23)4-6-12/h3-8,16-17H,9-10,25H2,1-2H3,(H,29,30)/t16-,17+/m1/s1. The molecule has 0 aliphatic carbocycles. The van der Waals surface area contributed by atoms with Crippen LogP contribution in [0.25, 0.3) is 16.6 Å². The zero-order chi connectivity index (χ0) is 23.2. The number of nitrogens with zero attached hydrogens (tertiary/aromatic N) is 2. The van der Waals surface area contributed by atoms with Gasteiger partial charge in [0.05, 0.1) is 24.6 Å². The third-order valence-electron chi connectivity index (χ3n) is 5.64. The number of carbonyl (C=O) groups is 1. The Morgan fingerprint density at radius 1 is 1.19 bits per heavy atom. The van der Waals surface area contributed by atoms with Gasteiger partial charge in [-0.1, -0.05) is 0 Å². The summed E-state index contributed by atoms with van der Waals surface area (Å²) in [5.74, 6) is -2.69. The van der Waals surface area contributed by atoms with E-state index in [-0.39, 0.29) is 41.0 Å². The number of aromatic nitrogens is 1. The van der Waals surface area contributed by atoms with Crippen LogP contribution in [-0.2, 0) is 4.74 Å². The molecule has 1 saturated heterocycles. The molecule has 1 fully saturated rings. The maximum absolute atomic E-state index is 15.3. The fourth-order valence-electron chi connectivity index (χ4n) is 4.09. The fraction of sp³-hybridized carbons (Fsp3) is 0.273. The van der Waals surface area contributed by atoms with E-state index in [0.29, 0.717) is 12.2 Å². The van der Waals surface area contributed by atoms with Gasteiger partial charge >= 0.3 is 5.97 Å². The van der Waals surface area contributed by atoms with Gasteiger partial charge in [0.15, 0.2) is 11.6 Å². The van der Waals surface area contributed by atoms with Crippen LogP contribution >= 0.6 is 0 Å². The number of benzene rings is 2. The van der Waals surface area contributed by atoms with Crippen molar-refractivity contribution in [1.82, 2.24) is 4.57 Å². The van der Waals surface area contributed by atoms with E-state index in [0.717, 1.165) is 12.3 Å². The average Bonchev–Trinajstić information content (AvgIpc) is 3.14. The summed E-state index contributed by atoms with van der Waals surface area (Å²) in [4.78, 5) is 26.2. The summed E-state index contributed by atoms with van der Waals surface area (Å²) in [6.07, 6.45) is 0.793. The second kappa shape index (κ2) is 8.21. The van der Waals surface area contributed by atoms with E-state index in [2.05, 4.69) is 0 Å². The molecule has 2 heterocycles. The van der Waals surface area contributed by atoms with Gasteiger partial charge in [-0.3, -0.25) is 4.79 Å². The highest BCUT2D eigenvalue weighted by molar-refractivity contribution is 5.97. The first-order valence-corrected chi connectivity index (χ1v) is 9.75. The molecule has 2 aromatic carbocycles. The quantitative estimate of drug-likeness (QED) is 0.620. The van der Waals surface area contributed by atoms with Crippen LogP contribution in [0.3, 0.4) is 0 Å². The predicted octanol–water partition coefficient (Wildman–Crippen LogP) is 2.14. The van der Waals surface area contributed by atoms with E-state index < -0.39 is 28.6 Å². The van der Waals surface area contributed by atoms with Crippen LogP contribution < -0.4 is 20.8 Å². The number of carboxylic acid groups (broad SMARTS) is 1. The number of fused-ring (bicyclic) bond motifs is 1. The van der Waals surface area contributed by atoms with Crippen LogP contribution in [0.2, 0.25) is 0 Å². The van der Waals surface area contributed by atoms with Crippen molar-refractivity contribution in [2.75, 3.05) is 32.2 Å². The Morgan fingerprint density at radius 3 is 2.44 bits per heavy atom. The Kier molecular flexibility index (Phi) is 5.57. The van der Waals surface area contributed by atoms with Crippen LogP contribution in [0, 0.1) is 11.6 Å². The summed E-state index contributed by atoms with van der Waals surface area (Å²) >= 11 is 0. The molecule has 2 atom stereocenters. The summed E-state index contributed by atoms with van der Waals surface area (Å²) in [7, 11) is 2.84. The Morgan fingerprint density at radius 2 is 1.88 bits per heavy atom. The van der Waals surface area contributed by atoms with Gasteiger partial charge in [0, 0.05) is 32.1 Å². The molecule has 0 spiro atoms. The molecule has 0 saturated carbocycles. The topological polar surface area (TPSA) is 107 Å². The van der Waals surface area contributed by atoms with Crippen molar-refractivity contribution >= 4 is 22.6 Å². The maximum atomic E-state index is 15.3. The number of carboxylic acids is 1. The molecule has 0 radical (unpaired) electrons. The summed E-state index contributed by atoms with van der Waals surface area (Å²) in [6.45, 7) is 0.579. The SMILES string of the molecule is COc1c(N2C[C@@H](N)[C@@H](OC)C2)c(F)cc2c(=O)c(C(=O)O)cn(-c3ccc(F)cc3)c12. The van der Waals surface area contributed by atoms with E-state index in [1.807, 2.05) is 0 Å². The van der Waals surface area contributed by atoms with Crippen molar-refractivity contribution in [1.29, 1.82) is 0 Å². The maximum Gasteiger partial charge on any atom is 0.341 e. The number of rotatable bonds is 5. The summed E-state index contributed by atoms with van der Waals surface area (Å²) in [6, 6.07) is 5.85. The number of anilines is 1. The van der Waals surface area contributed by atoms with E-state index in [9.17, 15) is 19.1 Å². The van der Waals surface area contributed by atoms with Gasteiger partial charge in [0.25, 0.3) is 0 Å². The molecule has 1 aliphatic heterocycles. The van der Waals surface area contributed by atoms with Crippen molar-refractivity contribution < 1.29 is 28.2 Å². The molecule has 32 heavy (non-hydrogen) atoms. The van der Waals surface area contributed by atoms with Gasteiger partial charge in [-0.25, -0.2) is 13.6 Å². The summed E-state index contributed by atoms with van der Waals surface area (Å²) in [5.41, 5.74) is 5.28. The lowest BCUT2D eigenvalue weighted by atomic mass is 10.1. The summed E-state index contributed by atoms with van der Waals surface area (Å²) in [5, 5.41) is 9.33. The molecular weight excluding hydrogens is 424 g/mol. The molecule has 0 unspecified atom stereocenters. The fourth-order valence-corrected chi connectivity index (χ4v) is 4.09. The zero-order valence-electron chi connectivity index (χ0n) is 17.3. The largest absolute Gasteiger partial charge is 0.492 e. The lowest BCUT2D eigenvalue weighted by Gasteiger charge is -2.24. The van der Waals surface area contributed by atoms with Gasteiger partial charge < -0.3 is 29.8 Å². The highest BCUT2D eigenvalue weighted by Crippen LogP contribution is 2.40. The van der Waals surface area contributed by atoms with E-state index >= 15 is 4.39 Å². The van der Waals surface area contributed by atoms with E-state index in [1.165, 1.54) is 43.1 Å². The molecule has 1 aliphatic rings. The third kappa shape index (κ3) is 3.47. The Labute approximate surface area is 181 Å². The third-order valence-corrected chi connectivity index (χ3v) is 5.64. The Balaban J connectivity index is 2.07. The van der Waals surface area contributed by atoms with Crippen LogP contribution in [0.1, 0.15) is 10.4 Å². The number of pyridine rings is 1. The summed E-state index contributed by atoms with van der Waals surface area (Å²) < 4.78 is 41.1. The molecule has 3 aromatic rings. The van der Waals surface area contributed by atoms with Crippen LogP contribution in [0.5, 0.6) is 5.75 Å². The highest BCUT2D eigenvalue weighted by Gasteiger charge is 2.34. The minimum atomic E-state index is -1.47. The monoisotopic (exact) mass is 445 g/mol. The van der Waals surface area contributed by atoms with Crippen molar-refractivity contribution in [3.05, 3.63) is 63.9 Å². The van der Waals surface area contributed by atoms with Crippen molar-refractivity contribution in [3.8, 4) is 11.4 Å². The second-order valence-corrected chi connectivity index (χ2v) is 7.50. The molecule has 168 valence electrons. The molecule has 1 aromatic heterocycles. The van der Waals surface area contributed by atoms with Crippen LogP contribution in [0.15, 0.2) is 41.3 Å². The molecular formula is C22H21F2N3O5. The number of aromatic carboxylic acids is 1. The molecule has 0 bridgehead atoms. The first-order chi connectivity index (χ1) is 15.3. The van der Waals surface area contributed by atoms with Gasteiger partial charge in [0.2, 0.25) is 5.43 Å². The van der Waals surface area contributed by atoms with Gasteiger partial charge in [-0.15, -0.1) is 0 Å². The smallest absolute Gasteiger partial charge is 0.341 e. The first kappa shape index (κ1) is 21.7. The Hall–Kier alpha value is -3.50. The number of halogens is 2.